The third-order valence-corrected chi connectivity index (χ3v) is 7.42. The maximum absolute atomic E-state index is 12.7. The smallest absolute Gasteiger partial charge is 0.244 e. The Labute approximate surface area is 172 Å². The van der Waals surface area contributed by atoms with Crippen LogP contribution in [0.4, 0.5) is 11.5 Å². The van der Waals surface area contributed by atoms with Crippen molar-refractivity contribution in [1.82, 2.24) is 9.29 Å². The van der Waals surface area contributed by atoms with Gasteiger partial charge >= 0.3 is 0 Å². The van der Waals surface area contributed by atoms with E-state index in [4.69, 9.17) is 4.74 Å². The lowest BCUT2D eigenvalue weighted by Gasteiger charge is -2.37. The number of sulfonamides is 1. The van der Waals surface area contributed by atoms with Crippen LogP contribution >= 0.6 is 0 Å². The molecule has 2 aliphatic rings. The van der Waals surface area contributed by atoms with Gasteiger partial charge < -0.3 is 14.5 Å². The quantitative estimate of drug-likeness (QED) is 0.721. The molecule has 0 N–H and O–H groups in total. The molecule has 0 amide bonds. The third kappa shape index (κ3) is 4.18. The summed E-state index contributed by atoms with van der Waals surface area (Å²) in [4.78, 5) is 9.27. The molecular formula is C21H28N4O3S. The van der Waals surface area contributed by atoms with Crippen molar-refractivity contribution in [3.8, 4) is 5.75 Å². The van der Waals surface area contributed by atoms with Crippen LogP contribution in [0, 0.1) is 0 Å². The Morgan fingerprint density at radius 2 is 1.62 bits per heavy atom. The number of piperazine rings is 1. The van der Waals surface area contributed by atoms with Gasteiger partial charge in [-0.1, -0.05) is 12.1 Å². The van der Waals surface area contributed by atoms with E-state index in [-0.39, 0.29) is 4.90 Å². The van der Waals surface area contributed by atoms with Crippen LogP contribution < -0.4 is 14.5 Å². The molecule has 0 radical (unpaired) electrons. The predicted molar refractivity (Wildman–Crippen MR) is 114 cm³/mol. The normalized spacial score (nSPS) is 18.2. The lowest BCUT2D eigenvalue weighted by molar-refractivity contribution is 0.340. The van der Waals surface area contributed by atoms with Gasteiger partial charge in [-0.15, -0.1) is 0 Å². The van der Waals surface area contributed by atoms with Gasteiger partial charge in [-0.25, -0.2) is 13.4 Å². The number of para-hydroxylation sites is 2. The molecule has 8 heteroatoms. The van der Waals surface area contributed by atoms with Crippen molar-refractivity contribution in [2.45, 2.75) is 24.7 Å². The second-order valence-electron chi connectivity index (χ2n) is 7.34. The lowest BCUT2D eigenvalue weighted by Crippen LogP contribution is -2.47. The number of hydrogen-bond donors (Lipinski definition) is 0. The van der Waals surface area contributed by atoms with Gasteiger partial charge in [-0.05, 0) is 44.0 Å². The zero-order valence-electron chi connectivity index (χ0n) is 16.8. The van der Waals surface area contributed by atoms with Crippen molar-refractivity contribution in [2.24, 2.45) is 0 Å². The predicted octanol–water partition coefficient (Wildman–Crippen LogP) is 2.59. The molecule has 29 heavy (non-hydrogen) atoms. The summed E-state index contributed by atoms with van der Waals surface area (Å²) in [5.74, 6) is 1.74. The minimum absolute atomic E-state index is 0.285. The number of hydrogen-bond acceptors (Lipinski definition) is 6. The Morgan fingerprint density at radius 3 is 2.28 bits per heavy atom. The van der Waals surface area contributed by atoms with Gasteiger partial charge in [-0.2, -0.15) is 4.31 Å². The number of ether oxygens (including phenoxy) is 1. The first kappa shape index (κ1) is 20.0. The fourth-order valence-corrected chi connectivity index (χ4v) is 5.43. The summed E-state index contributed by atoms with van der Waals surface area (Å²) >= 11 is 0. The fourth-order valence-electron chi connectivity index (χ4n) is 3.96. The third-order valence-electron chi connectivity index (χ3n) is 5.53. The van der Waals surface area contributed by atoms with Gasteiger partial charge in [0.15, 0.2) is 0 Å². The van der Waals surface area contributed by atoms with E-state index in [0.29, 0.717) is 19.7 Å². The van der Waals surface area contributed by atoms with Crippen molar-refractivity contribution in [3.05, 3.63) is 42.6 Å². The van der Waals surface area contributed by atoms with Gasteiger partial charge in [0.2, 0.25) is 10.0 Å². The molecule has 2 aromatic rings. The Hall–Kier alpha value is -2.32. The Bertz CT molecular complexity index is 919. The van der Waals surface area contributed by atoms with E-state index in [0.717, 1.165) is 56.3 Å². The van der Waals surface area contributed by atoms with E-state index in [2.05, 4.69) is 20.9 Å². The molecule has 1 aromatic carbocycles. The van der Waals surface area contributed by atoms with Crippen molar-refractivity contribution in [2.75, 3.05) is 55.7 Å². The maximum atomic E-state index is 12.7. The molecule has 2 fully saturated rings. The molecular weight excluding hydrogens is 388 g/mol. The molecule has 4 rings (SSSR count). The van der Waals surface area contributed by atoms with Crippen LogP contribution in [0.2, 0.25) is 0 Å². The summed E-state index contributed by atoms with van der Waals surface area (Å²) in [5, 5.41) is 0. The topological polar surface area (TPSA) is 66.0 Å². The molecule has 1 aromatic heterocycles. The second-order valence-corrected chi connectivity index (χ2v) is 9.28. The van der Waals surface area contributed by atoms with Gasteiger partial charge in [0.25, 0.3) is 0 Å². The van der Waals surface area contributed by atoms with E-state index in [1.807, 2.05) is 31.2 Å². The zero-order valence-corrected chi connectivity index (χ0v) is 17.6. The maximum Gasteiger partial charge on any atom is 0.244 e. The molecule has 0 atom stereocenters. The van der Waals surface area contributed by atoms with E-state index in [1.165, 1.54) is 6.20 Å². The number of anilines is 2. The van der Waals surface area contributed by atoms with E-state index in [9.17, 15) is 8.42 Å². The molecule has 7 nitrogen and oxygen atoms in total. The number of benzene rings is 1. The van der Waals surface area contributed by atoms with Crippen LogP contribution in [-0.4, -0.2) is 63.6 Å². The van der Waals surface area contributed by atoms with Gasteiger partial charge in [-0.3, -0.25) is 0 Å². The minimum atomic E-state index is -3.41. The van der Waals surface area contributed by atoms with Crippen LogP contribution in [-0.2, 0) is 10.0 Å². The van der Waals surface area contributed by atoms with Crippen LogP contribution in [0.15, 0.2) is 47.5 Å². The monoisotopic (exact) mass is 416 g/mol. The average molecular weight is 417 g/mol. The summed E-state index contributed by atoms with van der Waals surface area (Å²) in [6, 6.07) is 11.6. The highest BCUT2D eigenvalue weighted by molar-refractivity contribution is 7.89. The van der Waals surface area contributed by atoms with Crippen molar-refractivity contribution < 1.29 is 13.2 Å². The number of pyridine rings is 1. The van der Waals surface area contributed by atoms with Gasteiger partial charge in [0, 0.05) is 45.5 Å². The summed E-state index contributed by atoms with van der Waals surface area (Å²) < 4.78 is 32.6. The van der Waals surface area contributed by atoms with Crippen LogP contribution in [0.1, 0.15) is 19.8 Å². The first-order valence-electron chi connectivity index (χ1n) is 10.3. The zero-order chi connectivity index (χ0) is 20.3. The molecule has 0 saturated carbocycles. The van der Waals surface area contributed by atoms with Crippen LogP contribution in [0.3, 0.4) is 0 Å². The highest BCUT2D eigenvalue weighted by Gasteiger charge is 2.28. The highest BCUT2D eigenvalue weighted by Crippen LogP contribution is 2.29. The number of nitrogens with zero attached hydrogens (tertiary/aromatic N) is 4. The second kappa shape index (κ2) is 8.59. The Morgan fingerprint density at radius 1 is 0.931 bits per heavy atom. The Kier molecular flexibility index (Phi) is 5.91. The van der Waals surface area contributed by atoms with Crippen molar-refractivity contribution in [1.29, 1.82) is 0 Å². The van der Waals surface area contributed by atoms with E-state index < -0.39 is 10.0 Å². The molecule has 2 aliphatic heterocycles. The fraction of sp³-hybridized carbons (Fsp3) is 0.476. The number of aromatic nitrogens is 1. The molecule has 0 bridgehead atoms. The van der Waals surface area contributed by atoms with Gasteiger partial charge in [0.1, 0.15) is 16.5 Å². The Balaban J connectivity index is 1.41. The SMILES string of the molecule is CCOc1ccccc1N1CCN(c2ccc(S(=O)(=O)N3CCCC3)cn2)CC1. The first-order valence-corrected chi connectivity index (χ1v) is 11.7. The van der Waals surface area contributed by atoms with E-state index in [1.54, 1.807) is 10.4 Å². The summed E-state index contributed by atoms with van der Waals surface area (Å²) in [6.07, 6.45) is 3.36. The van der Waals surface area contributed by atoms with Crippen molar-refractivity contribution >= 4 is 21.5 Å². The van der Waals surface area contributed by atoms with E-state index >= 15 is 0 Å². The van der Waals surface area contributed by atoms with Crippen LogP contribution in [0.25, 0.3) is 0 Å². The van der Waals surface area contributed by atoms with Crippen molar-refractivity contribution in [3.63, 3.8) is 0 Å². The molecule has 3 heterocycles. The molecule has 2 saturated heterocycles. The summed E-state index contributed by atoms with van der Waals surface area (Å²) in [5.41, 5.74) is 1.12. The number of rotatable bonds is 6. The lowest BCUT2D eigenvalue weighted by atomic mass is 10.2. The molecule has 0 spiro atoms. The van der Waals surface area contributed by atoms with Crippen LogP contribution in [0.5, 0.6) is 5.75 Å². The minimum Gasteiger partial charge on any atom is -0.492 e. The molecule has 0 aliphatic carbocycles. The summed E-state index contributed by atoms with van der Waals surface area (Å²) in [7, 11) is -3.41. The molecule has 0 unspecified atom stereocenters. The van der Waals surface area contributed by atoms with Gasteiger partial charge in [0.05, 0.1) is 12.3 Å². The first-order chi connectivity index (χ1) is 14.1. The highest BCUT2D eigenvalue weighted by atomic mass is 32.2. The molecule has 156 valence electrons. The summed E-state index contributed by atoms with van der Waals surface area (Å²) in [6.45, 7) is 7.22. The largest absolute Gasteiger partial charge is 0.492 e. The average Bonchev–Trinajstić information content (AvgIpc) is 3.31. The standard InChI is InChI=1S/C21H28N4O3S/c1-2-28-20-8-4-3-7-19(20)23-13-15-24(16-14-23)21-10-9-18(17-22-21)29(26,27)25-11-5-6-12-25/h3-4,7-10,17H,2,5-6,11-16H2,1H3.